The largest absolute Gasteiger partial charge is 0.385 e. The quantitative estimate of drug-likeness (QED) is 0.637. The van der Waals surface area contributed by atoms with E-state index in [0.717, 1.165) is 6.07 Å². The average molecular weight is 408 g/mol. The number of halogens is 9. The van der Waals surface area contributed by atoms with Crippen molar-refractivity contribution < 1.29 is 44.6 Å². The predicted molar refractivity (Wildman–Crippen MR) is 78.3 cm³/mol. The van der Waals surface area contributed by atoms with Crippen LogP contribution < -0.4 is 0 Å². The Hall–Kier alpha value is -1.45. The third-order valence-corrected chi connectivity index (χ3v) is 4.93. The van der Waals surface area contributed by atoms with Crippen LogP contribution in [0.3, 0.4) is 0 Å². The number of hydrogen-bond donors (Lipinski definition) is 1. The van der Waals surface area contributed by atoms with E-state index in [-0.39, 0.29) is 11.1 Å². The summed E-state index contributed by atoms with van der Waals surface area (Å²) in [7, 11) is 0. The third kappa shape index (κ3) is 2.51. The Kier molecular flexibility index (Phi) is 4.67. The van der Waals surface area contributed by atoms with Crippen LogP contribution in [-0.4, -0.2) is 34.5 Å². The van der Waals surface area contributed by atoms with Gasteiger partial charge < -0.3 is 5.11 Å². The molecule has 10 heteroatoms. The lowest BCUT2D eigenvalue weighted by Crippen LogP contribution is -2.57. The highest BCUT2D eigenvalue weighted by atomic mass is 19.4. The van der Waals surface area contributed by atoms with Crippen molar-refractivity contribution in [3.63, 3.8) is 0 Å². The normalized spacial score (nSPS) is 26.7. The van der Waals surface area contributed by atoms with Gasteiger partial charge in [-0.05, 0) is 24.0 Å². The van der Waals surface area contributed by atoms with Crippen LogP contribution in [0.4, 0.5) is 39.5 Å². The van der Waals surface area contributed by atoms with E-state index in [1.807, 2.05) is 0 Å². The fourth-order valence-electron chi connectivity index (χ4n) is 3.37. The Bertz CT molecular complexity index is 699. The number of hydrogen-bond acceptors (Lipinski definition) is 1. The Labute approximate surface area is 149 Å². The molecule has 0 spiro atoms. The molecule has 1 aliphatic rings. The fraction of sp³-hybridized carbons (Fsp3) is 0.647. The van der Waals surface area contributed by atoms with E-state index in [4.69, 9.17) is 0 Å². The van der Waals surface area contributed by atoms with Gasteiger partial charge in [0, 0.05) is 6.42 Å². The monoisotopic (exact) mass is 408 g/mol. The summed E-state index contributed by atoms with van der Waals surface area (Å²) in [5, 5.41) is 10.4. The first kappa shape index (κ1) is 21.8. The Morgan fingerprint density at radius 1 is 0.815 bits per heavy atom. The summed E-state index contributed by atoms with van der Waals surface area (Å²) < 4.78 is 124. The van der Waals surface area contributed by atoms with E-state index in [9.17, 15) is 44.6 Å². The van der Waals surface area contributed by atoms with Crippen LogP contribution >= 0.6 is 0 Å². The van der Waals surface area contributed by atoms with Crippen LogP contribution in [0, 0.1) is 0 Å². The van der Waals surface area contributed by atoms with E-state index in [2.05, 4.69) is 0 Å². The van der Waals surface area contributed by atoms with Crippen molar-refractivity contribution in [1.82, 2.24) is 0 Å². The maximum Gasteiger partial charge on any atom is 0.381 e. The molecule has 1 aromatic rings. The highest BCUT2D eigenvalue weighted by Crippen LogP contribution is 2.71. The fourth-order valence-corrected chi connectivity index (χ4v) is 3.37. The van der Waals surface area contributed by atoms with E-state index >= 15 is 0 Å². The second-order valence-electron chi connectivity index (χ2n) is 7.29. The molecule has 0 amide bonds. The molecule has 0 saturated heterocycles. The van der Waals surface area contributed by atoms with Crippen molar-refractivity contribution in [2.24, 2.45) is 0 Å². The summed E-state index contributed by atoms with van der Waals surface area (Å²) in [6, 6.07) is 5.21. The van der Waals surface area contributed by atoms with Crippen LogP contribution in [0.5, 0.6) is 0 Å². The number of rotatable bonds is 4. The molecule has 0 aliphatic heterocycles. The molecule has 0 bridgehead atoms. The lowest BCUT2D eigenvalue weighted by atomic mass is 9.77. The molecule has 27 heavy (non-hydrogen) atoms. The van der Waals surface area contributed by atoms with E-state index in [1.54, 1.807) is 13.8 Å². The maximum atomic E-state index is 14.8. The van der Waals surface area contributed by atoms with Crippen LogP contribution in [0.15, 0.2) is 24.3 Å². The first-order valence-electron chi connectivity index (χ1n) is 7.90. The second kappa shape index (κ2) is 5.78. The van der Waals surface area contributed by atoms with Crippen molar-refractivity contribution in [3.8, 4) is 0 Å². The highest BCUT2D eigenvalue weighted by molar-refractivity contribution is 5.36. The molecule has 1 nitrogen and oxygen atoms in total. The van der Waals surface area contributed by atoms with Crippen LogP contribution in [0.2, 0.25) is 0 Å². The topological polar surface area (TPSA) is 20.2 Å². The number of aliphatic hydroxyl groups is 1. The number of alkyl halides is 9. The molecule has 1 atom stereocenters. The predicted octanol–water partition coefficient (Wildman–Crippen LogP) is 5.67. The molecule has 1 aromatic carbocycles. The van der Waals surface area contributed by atoms with Gasteiger partial charge in [-0.3, -0.25) is 0 Å². The first-order chi connectivity index (χ1) is 11.9. The van der Waals surface area contributed by atoms with Gasteiger partial charge in [0.15, 0.2) is 0 Å². The number of benzene rings is 1. The van der Waals surface area contributed by atoms with Gasteiger partial charge in [0.1, 0.15) is 0 Å². The maximum absolute atomic E-state index is 14.8. The lowest BCUT2D eigenvalue weighted by Gasteiger charge is -2.37. The molecule has 1 fully saturated rings. The SMILES string of the molecule is CC(C)c1ccccc1C(C)(O)CC1(F)C(F)(F)C(F)(F)C(F)(F)C1(F)F. The van der Waals surface area contributed by atoms with Gasteiger partial charge in [-0.2, -0.15) is 35.1 Å². The van der Waals surface area contributed by atoms with Crippen molar-refractivity contribution in [1.29, 1.82) is 0 Å². The Balaban J connectivity index is 2.64. The molecule has 1 unspecified atom stereocenters. The summed E-state index contributed by atoms with van der Waals surface area (Å²) in [5.41, 5.74) is -8.63. The minimum Gasteiger partial charge on any atom is -0.385 e. The smallest absolute Gasteiger partial charge is 0.381 e. The van der Waals surface area contributed by atoms with Gasteiger partial charge in [0.25, 0.3) is 5.67 Å². The van der Waals surface area contributed by atoms with Gasteiger partial charge in [-0.15, -0.1) is 0 Å². The van der Waals surface area contributed by atoms with Gasteiger partial charge in [-0.1, -0.05) is 38.1 Å². The highest BCUT2D eigenvalue weighted by Gasteiger charge is 3.00. The zero-order chi connectivity index (χ0) is 21.3. The van der Waals surface area contributed by atoms with Crippen molar-refractivity contribution in [3.05, 3.63) is 35.4 Å². The molecule has 1 aliphatic carbocycles. The molecular formula is C17H17F9O. The molecule has 2 rings (SSSR count). The molecule has 0 radical (unpaired) electrons. The average Bonchev–Trinajstić information content (AvgIpc) is 2.57. The standard InChI is InChI=1S/C17H17F9O/c1-9(2)10-6-4-5-7-11(10)12(3,27)8-13(18)14(19,20)16(23,24)17(25,26)15(13,21)22/h4-7,9,27H,8H2,1-3H3. The molecule has 0 aromatic heterocycles. The van der Waals surface area contributed by atoms with Crippen molar-refractivity contribution >= 4 is 0 Å². The van der Waals surface area contributed by atoms with Gasteiger partial charge >= 0.3 is 23.7 Å². The van der Waals surface area contributed by atoms with Crippen molar-refractivity contribution in [2.45, 2.75) is 68.1 Å². The summed E-state index contributed by atoms with van der Waals surface area (Å²) in [5.74, 6) is -26.5. The van der Waals surface area contributed by atoms with Gasteiger partial charge in [0.2, 0.25) is 0 Å². The summed E-state index contributed by atoms with van der Waals surface area (Å²) >= 11 is 0. The molecule has 1 N–H and O–H groups in total. The van der Waals surface area contributed by atoms with Crippen LogP contribution in [-0.2, 0) is 5.60 Å². The minimum atomic E-state index is -6.65. The molecule has 1 saturated carbocycles. The third-order valence-electron chi connectivity index (χ3n) is 4.93. The Morgan fingerprint density at radius 2 is 1.22 bits per heavy atom. The zero-order valence-corrected chi connectivity index (χ0v) is 14.4. The van der Waals surface area contributed by atoms with Crippen LogP contribution in [0.1, 0.15) is 44.2 Å². The first-order valence-corrected chi connectivity index (χ1v) is 7.90. The molecule has 154 valence electrons. The van der Waals surface area contributed by atoms with E-state index in [0.29, 0.717) is 6.92 Å². The lowest BCUT2D eigenvalue weighted by molar-refractivity contribution is -0.303. The molecular weight excluding hydrogens is 391 g/mol. The summed E-state index contributed by atoms with van der Waals surface area (Å²) in [4.78, 5) is 0. The summed E-state index contributed by atoms with van der Waals surface area (Å²) in [6.07, 6.45) is -2.37. The molecule has 0 heterocycles. The summed E-state index contributed by atoms with van der Waals surface area (Å²) in [6.45, 7) is 3.80. The van der Waals surface area contributed by atoms with Gasteiger partial charge in [-0.25, -0.2) is 4.39 Å². The van der Waals surface area contributed by atoms with E-state index in [1.165, 1.54) is 18.2 Å². The Morgan fingerprint density at radius 3 is 1.63 bits per heavy atom. The van der Waals surface area contributed by atoms with Gasteiger partial charge in [0.05, 0.1) is 5.60 Å². The van der Waals surface area contributed by atoms with E-state index < -0.39 is 47.3 Å². The minimum absolute atomic E-state index is 0.231. The zero-order valence-electron chi connectivity index (χ0n) is 14.4. The van der Waals surface area contributed by atoms with Crippen molar-refractivity contribution in [2.75, 3.05) is 0 Å². The van der Waals surface area contributed by atoms with Crippen LogP contribution in [0.25, 0.3) is 0 Å². The second-order valence-corrected chi connectivity index (χ2v) is 7.29.